The van der Waals surface area contributed by atoms with Gasteiger partial charge in [0, 0.05) is 37.1 Å². The highest BCUT2D eigenvalue weighted by atomic mass is 16.5. The Bertz CT molecular complexity index is 720. The van der Waals surface area contributed by atoms with E-state index in [0.29, 0.717) is 24.0 Å². The summed E-state index contributed by atoms with van der Waals surface area (Å²) >= 11 is 0. The molecule has 2 aromatic rings. The van der Waals surface area contributed by atoms with E-state index in [2.05, 4.69) is 20.2 Å². The molecule has 0 saturated carbocycles. The second-order valence-corrected chi connectivity index (χ2v) is 6.62. The highest BCUT2D eigenvalue weighted by molar-refractivity contribution is 5.93. The van der Waals surface area contributed by atoms with Gasteiger partial charge in [0.25, 0.3) is 5.91 Å². The van der Waals surface area contributed by atoms with Gasteiger partial charge in [0.1, 0.15) is 0 Å². The quantitative estimate of drug-likeness (QED) is 0.920. The maximum absolute atomic E-state index is 12.3. The number of hydrogen-bond donors (Lipinski definition) is 1. The van der Waals surface area contributed by atoms with Crippen molar-refractivity contribution in [1.29, 1.82) is 0 Å². The average molecular weight is 338 g/mol. The predicted octanol–water partition coefficient (Wildman–Crippen LogP) is 1.74. The average Bonchev–Trinajstić information content (AvgIpc) is 3.15. The van der Waals surface area contributed by atoms with Crippen LogP contribution in [0, 0.1) is 0 Å². The van der Waals surface area contributed by atoms with Crippen LogP contribution in [0.4, 0.5) is 0 Å². The summed E-state index contributed by atoms with van der Waals surface area (Å²) in [7, 11) is 0. The van der Waals surface area contributed by atoms with E-state index in [9.17, 15) is 4.79 Å². The number of fused-ring (bicyclic) bond motifs is 1. The molecular weight excluding hydrogens is 316 g/mol. The van der Waals surface area contributed by atoms with Gasteiger partial charge in [-0.3, -0.25) is 9.69 Å². The van der Waals surface area contributed by atoms with Crippen molar-refractivity contribution in [3.05, 3.63) is 48.3 Å². The van der Waals surface area contributed by atoms with E-state index in [0.717, 1.165) is 25.3 Å². The second-order valence-electron chi connectivity index (χ2n) is 6.62. The molecule has 0 aliphatic carbocycles. The summed E-state index contributed by atoms with van der Waals surface area (Å²) < 4.78 is 5.87. The smallest absolute Gasteiger partial charge is 0.254 e. The molecule has 4 rings (SSSR count). The number of morpholine rings is 1. The molecule has 2 atom stereocenters. The summed E-state index contributed by atoms with van der Waals surface area (Å²) in [5.41, 5.74) is 1.40. The largest absolute Gasteiger partial charge is 0.373 e. The Labute approximate surface area is 147 Å². The van der Waals surface area contributed by atoms with Gasteiger partial charge in [0.2, 0.25) is 0 Å². The van der Waals surface area contributed by atoms with Crippen LogP contribution in [0.2, 0.25) is 0 Å². The van der Waals surface area contributed by atoms with Gasteiger partial charge in [-0.25, -0.2) is 9.97 Å². The Morgan fingerprint density at radius 2 is 2.04 bits per heavy atom. The minimum atomic E-state index is -0.160. The number of rotatable bonds is 4. The van der Waals surface area contributed by atoms with Gasteiger partial charge in [-0.2, -0.15) is 0 Å². The number of aromatic nitrogens is 2. The monoisotopic (exact) mass is 338 g/mol. The molecule has 0 spiro atoms. The number of carbonyl (C=O) groups excluding carboxylic acids is 1. The Hall–Kier alpha value is -2.31. The molecule has 0 bridgehead atoms. The molecule has 2 saturated heterocycles. The molecule has 1 aromatic carbocycles. The fraction of sp³-hybridized carbons (Fsp3) is 0.421. The molecule has 6 nitrogen and oxygen atoms in total. The molecule has 1 N–H and O–H groups in total. The SMILES string of the molecule is O=C(NC[C@@H]1CN2CCC[C@@H]2CO1)c1cnc(-c2ccccc2)nc1. The maximum Gasteiger partial charge on any atom is 0.254 e. The molecular formula is C19H22N4O2. The number of amides is 1. The first-order valence-electron chi connectivity index (χ1n) is 8.81. The predicted molar refractivity (Wildman–Crippen MR) is 94.1 cm³/mol. The van der Waals surface area contributed by atoms with Crippen molar-refractivity contribution in [3.63, 3.8) is 0 Å². The first-order valence-corrected chi connectivity index (χ1v) is 8.81. The summed E-state index contributed by atoms with van der Waals surface area (Å²) in [6.45, 7) is 3.33. The van der Waals surface area contributed by atoms with Crippen LogP contribution in [0.1, 0.15) is 23.2 Å². The molecule has 0 unspecified atom stereocenters. The lowest BCUT2D eigenvalue weighted by atomic mass is 10.2. The molecule has 25 heavy (non-hydrogen) atoms. The normalized spacial score (nSPS) is 23.2. The number of carbonyl (C=O) groups is 1. The highest BCUT2D eigenvalue weighted by Gasteiger charge is 2.32. The summed E-state index contributed by atoms with van der Waals surface area (Å²) in [6.07, 6.45) is 5.68. The Kier molecular flexibility index (Phi) is 4.72. The summed E-state index contributed by atoms with van der Waals surface area (Å²) in [6, 6.07) is 10.3. The van der Waals surface area contributed by atoms with E-state index in [1.807, 2.05) is 30.3 Å². The van der Waals surface area contributed by atoms with E-state index >= 15 is 0 Å². The van der Waals surface area contributed by atoms with E-state index < -0.39 is 0 Å². The Morgan fingerprint density at radius 3 is 2.84 bits per heavy atom. The molecule has 0 radical (unpaired) electrons. The van der Waals surface area contributed by atoms with Gasteiger partial charge in [-0.15, -0.1) is 0 Å². The minimum Gasteiger partial charge on any atom is -0.373 e. The van der Waals surface area contributed by atoms with Crippen molar-refractivity contribution in [2.24, 2.45) is 0 Å². The summed E-state index contributed by atoms with van der Waals surface area (Å²) in [4.78, 5) is 23.4. The second kappa shape index (κ2) is 7.29. The van der Waals surface area contributed by atoms with Crippen LogP contribution < -0.4 is 5.32 Å². The lowest BCUT2D eigenvalue weighted by Crippen LogP contribution is -2.50. The van der Waals surface area contributed by atoms with Crippen LogP contribution in [-0.4, -0.2) is 59.2 Å². The van der Waals surface area contributed by atoms with Crippen LogP contribution in [0.5, 0.6) is 0 Å². The van der Waals surface area contributed by atoms with Gasteiger partial charge in [-0.1, -0.05) is 30.3 Å². The third-order valence-corrected chi connectivity index (χ3v) is 4.90. The first-order chi connectivity index (χ1) is 12.3. The van der Waals surface area contributed by atoms with Crippen molar-refractivity contribution >= 4 is 5.91 Å². The Morgan fingerprint density at radius 1 is 1.24 bits per heavy atom. The minimum absolute atomic E-state index is 0.0582. The lowest BCUT2D eigenvalue weighted by Gasteiger charge is -2.35. The fourth-order valence-corrected chi connectivity index (χ4v) is 3.50. The zero-order valence-corrected chi connectivity index (χ0v) is 14.1. The van der Waals surface area contributed by atoms with E-state index in [4.69, 9.17) is 4.74 Å². The zero-order chi connectivity index (χ0) is 17.1. The zero-order valence-electron chi connectivity index (χ0n) is 14.1. The molecule has 2 aliphatic rings. The molecule has 3 heterocycles. The van der Waals surface area contributed by atoms with E-state index in [1.165, 1.54) is 12.8 Å². The van der Waals surface area contributed by atoms with Gasteiger partial charge < -0.3 is 10.1 Å². The molecule has 2 aliphatic heterocycles. The van der Waals surface area contributed by atoms with Crippen molar-refractivity contribution < 1.29 is 9.53 Å². The third kappa shape index (κ3) is 3.70. The number of ether oxygens (including phenoxy) is 1. The van der Waals surface area contributed by atoms with Crippen molar-refractivity contribution in [3.8, 4) is 11.4 Å². The fourth-order valence-electron chi connectivity index (χ4n) is 3.50. The van der Waals surface area contributed by atoms with Crippen molar-refractivity contribution in [2.45, 2.75) is 25.0 Å². The summed E-state index contributed by atoms with van der Waals surface area (Å²) in [5.74, 6) is 0.458. The molecule has 1 aromatic heterocycles. The van der Waals surface area contributed by atoms with Gasteiger partial charge in [0.15, 0.2) is 5.82 Å². The van der Waals surface area contributed by atoms with Crippen LogP contribution in [0.3, 0.4) is 0 Å². The number of nitrogens with zero attached hydrogens (tertiary/aromatic N) is 3. The maximum atomic E-state index is 12.3. The van der Waals surface area contributed by atoms with Crippen LogP contribution in [0.25, 0.3) is 11.4 Å². The highest BCUT2D eigenvalue weighted by Crippen LogP contribution is 2.22. The van der Waals surface area contributed by atoms with Crippen LogP contribution in [0.15, 0.2) is 42.7 Å². The topological polar surface area (TPSA) is 67.4 Å². The molecule has 2 fully saturated rings. The van der Waals surface area contributed by atoms with E-state index in [-0.39, 0.29) is 12.0 Å². The van der Waals surface area contributed by atoms with Gasteiger partial charge >= 0.3 is 0 Å². The Balaban J connectivity index is 1.32. The van der Waals surface area contributed by atoms with E-state index in [1.54, 1.807) is 12.4 Å². The molecule has 1 amide bonds. The van der Waals surface area contributed by atoms with Crippen LogP contribution in [-0.2, 0) is 4.74 Å². The molecule has 6 heteroatoms. The third-order valence-electron chi connectivity index (χ3n) is 4.90. The van der Waals surface area contributed by atoms with Crippen molar-refractivity contribution in [1.82, 2.24) is 20.2 Å². The summed E-state index contributed by atoms with van der Waals surface area (Å²) in [5, 5.41) is 2.94. The lowest BCUT2D eigenvalue weighted by molar-refractivity contribution is -0.0461. The van der Waals surface area contributed by atoms with Gasteiger partial charge in [-0.05, 0) is 19.4 Å². The van der Waals surface area contributed by atoms with Crippen LogP contribution >= 0.6 is 0 Å². The standard InChI is InChI=1S/C19H22N4O2/c24-19(22-11-17-12-23-8-4-7-16(23)13-25-17)15-9-20-18(21-10-15)14-5-2-1-3-6-14/h1-3,5-6,9-10,16-17H,4,7-8,11-13H2,(H,22,24)/t16-,17-/m1/s1. The molecule has 130 valence electrons. The van der Waals surface area contributed by atoms with Gasteiger partial charge in [0.05, 0.1) is 18.3 Å². The number of hydrogen-bond acceptors (Lipinski definition) is 5. The first kappa shape index (κ1) is 16.2. The van der Waals surface area contributed by atoms with Crippen molar-refractivity contribution in [2.75, 3.05) is 26.2 Å². The number of benzene rings is 1. The number of nitrogens with one attached hydrogen (secondary N) is 1.